The van der Waals surface area contributed by atoms with Crippen LogP contribution in [0.25, 0.3) is 11.3 Å². The van der Waals surface area contributed by atoms with Gasteiger partial charge in [-0.3, -0.25) is 4.68 Å². The molecule has 9 heteroatoms. The van der Waals surface area contributed by atoms with Crippen molar-refractivity contribution in [3.63, 3.8) is 0 Å². The number of allylic oxidation sites excluding steroid dienone is 1. The zero-order chi connectivity index (χ0) is 20.8. The van der Waals surface area contributed by atoms with Gasteiger partial charge in [-0.2, -0.15) is 10.4 Å². The molecule has 2 N–H and O–H groups in total. The Hall–Kier alpha value is -3.64. The summed E-state index contributed by atoms with van der Waals surface area (Å²) in [5, 5.41) is 23.3. The molecule has 0 saturated carbocycles. The Morgan fingerprint density at radius 1 is 1.30 bits per heavy atom. The van der Waals surface area contributed by atoms with Crippen LogP contribution in [0.2, 0.25) is 0 Å². The zero-order valence-electron chi connectivity index (χ0n) is 16.4. The molecule has 0 fully saturated rings. The van der Waals surface area contributed by atoms with Crippen molar-refractivity contribution in [3.05, 3.63) is 76.4 Å². The van der Waals surface area contributed by atoms with E-state index in [1.54, 1.807) is 17.2 Å². The molecule has 2 aromatic heterocycles. The highest BCUT2D eigenvalue weighted by Gasteiger charge is 2.20. The normalized spacial score (nSPS) is 14.6. The van der Waals surface area contributed by atoms with E-state index in [2.05, 4.69) is 36.8 Å². The average Bonchev–Trinajstić information content (AvgIpc) is 3.47. The van der Waals surface area contributed by atoms with Crippen molar-refractivity contribution < 1.29 is 0 Å². The number of hydrogen-bond acceptors (Lipinski definition) is 8. The number of nitrogens with zero attached hydrogens (tertiary/aromatic N) is 6. The van der Waals surface area contributed by atoms with E-state index in [9.17, 15) is 5.26 Å². The molecule has 0 radical (unpaired) electrons. The summed E-state index contributed by atoms with van der Waals surface area (Å²) in [5.74, 6) is 0.502. The van der Waals surface area contributed by atoms with Crippen LogP contribution in [0.5, 0.6) is 0 Å². The van der Waals surface area contributed by atoms with Gasteiger partial charge >= 0.3 is 0 Å². The Balaban J connectivity index is 1.47. The van der Waals surface area contributed by atoms with Crippen molar-refractivity contribution in [2.45, 2.75) is 19.9 Å². The monoisotopic (exact) mass is 416 g/mol. The van der Waals surface area contributed by atoms with Gasteiger partial charge in [-0.25, -0.2) is 15.0 Å². The van der Waals surface area contributed by atoms with Crippen LogP contribution in [0.1, 0.15) is 23.2 Å². The van der Waals surface area contributed by atoms with E-state index < -0.39 is 0 Å². The molecule has 3 aromatic rings. The summed E-state index contributed by atoms with van der Waals surface area (Å²) in [7, 11) is 0. The lowest BCUT2D eigenvalue weighted by molar-refractivity contribution is 0.589. The highest BCUT2D eigenvalue weighted by atomic mass is 32.2. The van der Waals surface area contributed by atoms with Crippen molar-refractivity contribution in [1.82, 2.24) is 30.0 Å². The maximum absolute atomic E-state index is 9.85. The fraction of sp³-hybridized carbons (Fsp3) is 0.190. The third kappa shape index (κ3) is 4.50. The van der Waals surface area contributed by atoms with Crippen LogP contribution >= 0.6 is 11.8 Å². The smallest absolute Gasteiger partial charge is 0.223 e. The van der Waals surface area contributed by atoms with E-state index in [-0.39, 0.29) is 0 Å². The van der Waals surface area contributed by atoms with E-state index in [4.69, 9.17) is 0 Å². The Morgan fingerprint density at radius 3 is 2.93 bits per heavy atom. The van der Waals surface area contributed by atoms with E-state index in [0.29, 0.717) is 23.8 Å². The fourth-order valence-electron chi connectivity index (χ4n) is 2.96. The van der Waals surface area contributed by atoms with Gasteiger partial charge in [0.1, 0.15) is 24.3 Å². The molecule has 0 spiro atoms. The van der Waals surface area contributed by atoms with Gasteiger partial charge in [0.2, 0.25) is 5.95 Å². The molecule has 3 heterocycles. The Bertz CT molecular complexity index is 1110. The van der Waals surface area contributed by atoms with E-state index in [1.165, 1.54) is 18.1 Å². The minimum absolute atomic E-state index is 0.502. The van der Waals surface area contributed by atoms with Gasteiger partial charge in [0, 0.05) is 24.7 Å². The molecule has 1 aliphatic heterocycles. The number of aryl methyl sites for hydroxylation is 2. The number of thioether (sulfide) groups is 1. The molecule has 0 unspecified atom stereocenters. The predicted molar refractivity (Wildman–Crippen MR) is 118 cm³/mol. The summed E-state index contributed by atoms with van der Waals surface area (Å²) in [5.41, 5.74) is 4.03. The lowest BCUT2D eigenvalue weighted by Crippen LogP contribution is -2.11. The summed E-state index contributed by atoms with van der Waals surface area (Å²) >= 11 is 1.49. The standard InChI is InChI=1S/C21H20N8S/c1-15-11-25-21(24-8-5-9-29-14-23-13-26-29)28-19(15)17(10-22)20-27-18(12-30-20)16-6-3-2-4-7-16/h2-4,6-7,11-14,27H,5,8-9H2,1H3,(H,24,25,28). The minimum atomic E-state index is 0.502. The summed E-state index contributed by atoms with van der Waals surface area (Å²) in [6.07, 6.45) is 5.80. The van der Waals surface area contributed by atoms with Crippen LogP contribution in [-0.4, -0.2) is 31.3 Å². The highest BCUT2D eigenvalue weighted by molar-refractivity contribution is 8.06. The number of aromatic nitrogens is 5. The molecule has 1 aliphatic rings. The number of nitrogens with one attached hydrogen (secondary N) is 2. The van der Waals surface area contributed by atoms with Gasteiger partial charge in [-0.15, -0.1) is 0 Å². The molecule has 0 atom stereocenters. The van der Waals surface area contributed by atoms with E-state index >= 15 is 0 Å². The van der Waals surface area contributed by atoms with Crippen LogP contribution < -0.4 is 10.6 Å². The molecule has 0 bridgehead atoms. The van der Waals surface area contributed by atoms with Gasteiger partial charge in [-0.1, -0.05) is 42.1 Å². The first-order valence-electron chi connectivity index (χ1n) is 9.48. The second-order valence-electron chi connectivity index (χ2n) is 6.62. The number of hydrogen-bond donors (Lipinski definition) is 2. The Kier molecular flexibility index (Phi) is 6.06. The van der Waals surface area contributed by atoms with E-state index in [0.717, 1.165) is 34.8 Å². The first kappa shape index (κ1) is 19.7. The molecule has 8 nitrogen and oxygen atoms in total. The lowest BCUT2D eigenvalue weighted by Gasteiger charge is -2.11. The first-order chi connectivity index (χ1) is 14.7. The molecule has 1 aromatic carbocycles. The summed E-state index contributed by atoms with van der Waals surface area (Å²) in [6, 6.07) is 12.3. The lowest BCUT2D eigenvalue weighted by atomic mass is 10.1. The van der Waals surface area contributed by atoms with Crippen LogP contribution in [0.3, 0.4) is 0 Å². The Morgan fingerprint density at radius 2 is 2.17 bits per heavy atom. The van der Waals surface area contributed by atoms with Crippen molar-refractivity contribution in [1.29, 1.82) is 5.26 Å². The number of anilines is 1. The highest BCUT2D eigenvalue weighted by Crippen LogP contribution is 2.35. The molecular formula is C21H20N8S. The zero-order valence-corrected chi connectivity index (χ0v) is 17.2. The number of rotatable bonds is 7. The second-order valence-corrected chi connectivity index (χ2v) is 7.50. The predicted octanol–water partition coefficient (Wildman–Crippen LogP) is 3.41. The van der Waals surface area contributed by atoms with Crippen LogP contribution in [0, 0.1) is 18.3 Å². The Labute approximate surface area is 178 Å². The number of benzene rings is 1. The van der Waals surface area contributed by atoms with Gasteiger partial charge in [0.15, 0.2) is 0 Å². The van der Waals surface area contributed by atoms with Crippen molar-refractivity contribution >= 4 is 29.0 Å². The van der Waals surface area contributed by atoms with Crippen LogP contribution in [-0.2, 0) is 6.54 Å². The van der Waals surface area contributed by atoms with Crippen molar-refractivity contribution in [2.24, 2.45) is 0 Å². The average molecular weight is 417 g/mol. The molecule has 30 heavy (non-hydrogen) atoms. The molecule has 0 amide bonds. The molecular weight excluding hydrogens is 396 g/mol. The minimum Gasteiger partial charge on any atom is -0.354 e. The third-order valence-electron chi connectivity index (χ3n) is 4.49. The summed E-state index contributed by atoms with van der Waals surface area (Å²) < 4.78 is 1.78. The molecule has 150 valence electrons. The summed E-state index contributed by atoms with van der Waals surface area (Å²) in [4.78, 5) is 12.9. The first-order valence-corrected chi connectivity index (χ1v) is 10.4. The number of nitriles is 1. The van der Waals surface area contributed by atoms with Crippen molar-refractivity contribution in [3.8, 4) is 6.07 Å². The maximum Gasteiger partial charge on any atom is 0.223 e. The van der Waals surface area contributed by atoms with Gasteiger partial charge < -0.3 is 10.6 Å². The SMILES string of the molecule is Cc1cnc(NCCCn2cncn2)nc1C(C#N)=C1NC(c2ccccc2)=CS1. The van der Waals surface area contributed by atoms with Gasteiger partial charge in [0.25, 0.3) is 0 Å². The van der Waals surface area contributed by atoms with Crippen LogP contribution in [0.4, 0.5) is 5.95 Å². The quantitative estimate of drug-likeness (QED) is 0.446. The van der Waals surface area contributed by atoms with Gasteiger partial charge in [0.05, 0.1) is 16.4 Å². The maximum atomic E-state index is 9.85. The fourth-order valence-corrected chi connectivity index (χ4v) is 3.82. The molecule has 0 saturated heterocycles. The summed E-state index contributed by atoms with van der Waals surface area (Å²) in [6.45, 7) is 3.36. The van der Waals surface area contributed by atoms with E-state index in [1.807, 2.05) is 42.7 Å². The molecule has 4 rings (SSSR count). The van der Waals surface area contributed by atoms with Crippen molar-refractivity contribution in [2.75, 3.05) is 11.9 Å². The van der Waals surface area contributed by atoms with Gasteiger partial charge in [-0.05, 0) is 24.5 Å². The largest absolute Gasteiger partial charge is 0.354 e. The third-order valence-corrected chi connectivity index (χ3v) is 5.38. The topological polar surface area (TPSA) is 104 Å². The molecule has 0 aliphatic carbocycles. The van der Waals surface area contributed by atoms with Crippen LogP contribution in [0.15, 0.2) is 59.6 Å². The second kappa shape index (κ2) is 9.24.